The Balaban J connectivity index is 1.48. The predicted molar refractivity (Wildman–Crippen MR) is 168 cm³/mol. The van der Waals surface area contributed by atoms with Crippen LogP contribution in [-0.4, -0.2) is 68.1 Å². The van der Waals surface area contributed by atoms with E-state index < -0.39 is 41.3 Å². The summed E-state index contributed by atoms with van der Waals surface area (Å²) < 4.78 is 0. The number of aromatic nitrogens is 4. The molecule has 1 aromatic carbocycles. The Labute approximate surface area is 266 Å². The van der Waals surface area contributed by atoms with Crippen molar-refractivity contribution in [2.24, 2.45) is 5.92 Å². The van der Waals surface area contributed by atoms with E-state index in [1.807, 2.05) is 44.2 Å². The zero-order chi connectivity index (χ0) is 31.9. The largest absolute Gasteiger partial charge is 0.351 e. The van der Waals surface area contributed by atoms with Gasteiger partial charge < -0.3 is 25.8 Å². The zero-order valence-electron chi connectivity index (χ0n) is 24.6. The lowest BCUT2D eigenvalue weighted by atomic mass is 10.0. The molecule has 4 heterocycles. The second-order valence-corrected chi connectivity index (χ2v) is 12.6. The normalized spacial score (nSPS) is 18.3. The van der Waals surface area contributed by atoms with E-state index in [9.17, 15) is 24.0 Å². The predicted octanol–water partition coefficient (Wildman–Crippen LogP) is 2.49. The highest BCUT2D eigenvalue weighted by molar-refractivity contribution is 7.10. The van der Waals surface area contributed by atoms with Crippen LogP contribution in [0.15, 0.2) is 58.4 Å². The van der Waals surface area contributed by atoms with Crippen molar-refractivity contribution >= 4 is 46.3 Å². The van der Waals surface area contributed by atoms with Gasteiger partial charge in [0.05, 0.1) is 25.0 Å². The first-order chi connectivity index (χ1) is 21.7. The van der Waals surface area contributed by atoms with Gasteiger partial charge in [-0.15, -0.1) is 22.7 Å². The Bertz CT molecular complexity index is 1730. The molecule has 4 N–H and O–H groups in total. The maximum atomic E-state index is 13.5. The van der Waals surface area contributed by atoms with Crippen LogP contribution in [0.1, 0.15) is 79.3 Å². The first kappa shape index (κ1) is 31.7. The summed E-state index contributed by atoms with van der Waals surface area (Å²) in [5.74, 6) is -1.99. The third-order valence-corrected chi connectivity index (χ3v) is 8.99. The number of fused-ring (bicyclic) bond motifs is 4. The summed E-state index contributed by atoms with van der Waals surface area (Å²) in [4.78, 5) is 82.0. The van der Waals surface area contributed by atoms with Crippen molar-refractivity contribution in [1.29, 1.82) is 0 Å². The molecule has 13 nitrogen and oxygen atoms in total. The molecule has 234 valence electrons. The molecule has 0 radical (unpaired) electrons. The van der Waals surface area contributed by atoms with Gasteiger partial charge in [0.2, 0.25) is 5.91 Å². The van der Waals surface area contributed by atoms with Gasteiger partial charge in [0.1, 0.15) is 27.0 Å². The van der Waals surface area contributed by atoms with Gasteiger partial charge in [-0.05, 0) is 24.3 Å². The molecule has 4 amide bonds. The van der Waals surface area contributed by atoms with Crippen LogP contribution in [0.2, 0.25) is 0 Å². The molecule has 1 aliphatic heterocycles. The third-order valence-electron chi connectivity index (χ3n) is 7.11. The van der Waals surface area contributed by atoms with Gasteiger partial charge in [0, 0.05) is 30.0 Å². The van der Waals surface area contributed by atoms with Crippen molar-refractivity contribution < 1.29 is 19.2 Å². The minimum absolute atomic E-state index is 0.0242. The average molecular weight is 649 g/mol. The summed E-state index contributed by atoms with van der Waals surface area (Å²) in [6.45, 7) is 3.79. The quantitative estimate of drug-likeness (QED) is 0.261. The van der Waals surface area contributed by atoms with E-state index in [-0.39, 0.29) is 42.5 Å². The highest BCUT2D eigenvalue weighted by atomic mass is 32.1. The first-order valence-corrected chi connectivity index (χ1v) is 16.1. The highest BCUT2D eigenvalue weighted by Crippen LogP contribution is 2.27. The lowest BCUT2D eigenvalue weighted by Crippen LogP contribution is -2.44. The van der Waals surface area contributed by atoms with Crippen molar-refractivity contribution in [3.05, 3.63) is 96.5 Å². The Morgan fingerprint density at radius 3 is 2.42 bits per heavy atom. The van der Waals surface area contributed by atoms with Gasteiger partial charge >= 0.3 is 0 Å². The summed E-state index contributed by atoms with van der Waals surface area (Å²) in [6.07, 6.45) is 3.01. The first-order valence-electron chi connectivity index (χ1n) is 14.3. The number of benzene rings is 1. The molecule has 1 aliphatic rings. The van der Waals surface area contributed by atoms with Gasteiger partial charge in [-0.2, -0.15) is 0 Å². The van der Waals surface area contributed by atoms with Gasteiger partial charge in [-0.25, -0.2) is 15.0 Å². The summed E-state index contributed by atoms with van der Waals surface area (Å²) in [5.41, 5.74) is 0.495. The number of amides is 4. The van der Waals surface area contributed by atoms with Crippen LogP contribution >= 0.6 is 22.7 Å². The monoisotopic (exact) mass is 648 g/mol. The minimum atomic E-state index is -0.673. The van der Waals surface area contributed by atoms with Gasteiger partial charge in [-0.3, -0.25) is 24.0 Å². The molecule has 15 heteroatoms. The number of hydrogen-bond acceptors (Lipinski definition) is 10. The number of nitrogens with one attached hydrogen (secondary N) is 4. The van der Waals surface area contributed by atoms with E-state index in [2.05, 4.69) is 35.9 Å². The van der Waals surface area contributed by atoms with Crippen LogP contribution < -0.4 is 21.5 Å². The molecule has 4 aromatic rings. The van der Waals surface area contributed by atoms with E-state index in [0.717, 1.165) is 11.8 Å². The van der Waals surface area contributed by atoms with Crippen LogP contribution in [0.3, 0.4) is 0 Å². The third kappa shape index (κ3) is 7.85. The van der Waals surface area contributed by atoms with Crippen molar-refractivity contribution in [2.45, 2.75) is 38.8 Å². The van der Waals surface area contributed by atoms with Crippen molar-refractivity contribution in [1.82, 2.24) is 40.8 Å². The van der Waals surface area contributed by atoms with Crippen LogP contribution in [-0.2, 0) is 11.2 Å². The summed E-state index contributed by atoms with van der Waals surface area (Å²) in [7, 11) is 0. The van der Waals surface area contributed by atoms with E-state index in [1.54, 1.807) is 10.8 Å². The number of H-pyrrole nitrogens is 1. The van der Waals surface area contributed by atoms with E-state index >= 15 is 0 Å². The van der Waals surface area contributed by atoms with Crippen LogP contribution in [0.5, 0.6) is 0 Å². The lowest BCUT2D eigenvalue weighted by molar-refractivity contribution is -0.122. The molecule has 45 heavy (non-hydrogen) atoms. The maximum Gasteiger partial charge on any atom is 0.271 e. The maximum absolute atomic E-state index is 13.5. The fourth-order valence-electron chi connectivity index (χ4n) is 4.76. The summed E-state index contributed by atoms with van der Waals surface area (Å²) >= 11 is 2.52. The molecule has 5 rings (SSSR count). The number of carbonyl (C=O) groups excluding carboxylic acids is 4. The molecular weight excluding hydrogens is 617 g/mol. The second-order valence-electron chi connectivity index (χ2n) is 10.8. The molecular formula is C30H32N8O5S2. The minimum Gasteiger partial charge on any atom is -0.351 e. The molecule has 0 saturated heterocycles. The summed E-state index contributed by atoms with van der Waals surface area (Å²) in [5, 5.41) is 13.1. The van der Waals surface area contributed by atoms with Gasteiger partial charge in [0.15, 0.2) is 0 Å². The molecule has 0 saturated carbocycles. The number of aromatic amines is 1. The molecule has 0 unspecified atom stereocenters. The van der Waals surface area contributed by atoms with Crippen molar-refractivity contribution in [3.8, 4) is 0 Å². The van der Waals surface area contributed by atoms with E-state index in [0.29, 0.717) is 22.9 Å². The van der Waals surface area contributed by atoms with Gasteiger partial charge in [-0.1, -0.05) is 44.2 Å². The van der Waals surface area contributed by atoms with Crippen molar-refractivity contribution in [2.75, 3.05) is 19.6 Å². The number of hydrogen-bond donors (Lipinski definition) is 4. The van der Waals surface area contributed by atoms with Gasteiger partial charge in [0.25, 0.3) is 23.3 Å². The molecule has 0 spiro atoms. The number of rotatable bonds is 4. The number of nitrogens with zero attached hydrogens (tertiary/aromatic N) is 4. The Morgan fingerprint density at radius 1 is 0.978 bits per heavy atom. The van der Waals surface area contributed by atoms with Crippen LogP contribution in [0.4, 0.5) is 0 Å². The Morgan fingerprint density at radius 2 is 1.69 bits per heavy atom. The molecule has 0 fully saturated rings. The van der Waals surface area contributed by atoms with E-state index in [4.69, 9.17) is 0 Å². The highest BCUT2D eigenvalue weighted by Gasteiger charge is 2.28. The standard InChI is InChI=1S/C30H32N8O5S2/c1-17(2)24-29-36-21(14-45-29)26(41)32-9-6-10-38(30(43)19-12-31-16-33-25(19)40)13-23(39)34-20(11-18-7-4-3-5-8-18)28-35-22(15-44-28)27(42)37-24/h3-5,7-8,12,14-17,20,24H,6,9-11,13H2,1-2H3,(H,32,41)(H,34,39)(H,37,42)(H,31,33,40)/t20-,24-/m0/s1. The molecule has 2 atom stereocenters. The van der Waals surface area contributed by atoms with Crippen LogP contribution in [0.25, 0.3) is 0 Å². The molecule has 0 aliphatic carbocycles. The topological polar surface area (TPSA) is 179 Å². The smallest absolute Gasteiger partial charge is 0.271 e. The molecule has 4 bridgehead atoms. The Kier molecular flexibility index (Phi) is 10.1. The average Bonchev–Trinajstić information content (AvgIpc) is 3.72. The SMILES string of the molecule is CC(C)[C@@H]1NC(=O)c2csc(n2)[C@H](Cc2ccccc2)NC(=O)CN(C(=O)c2cnc[nH]c2=O)CCCNC(=O)c2csc1n2. The fraction of sp³-hybridized carbons (Fsp3) is 0.333. The van der Waals surface area contributed by atoms with Crippen LogP contribution in [0, 0.1) is 5.92 Å². The second kappa shape index (κ2) is 14.3. The van der Waals surface area contributed by atoms with E-state index in [1.165, 1.54) is 33.9 Å². The Hall–Kier alpha value is -4.76. The number of thiazole rings is 2. The summed E-state index contributed by atoms with van der Waals surface area (Å²) in [6, 6.07) is 8.47. The zero-order valence-corrected chi connectivity index (χ0v) is 26.2. The van der Waals surface area contributed by atoms with Crippen molar-refractivity contribution in [3.63, 3.8) is 0 Å². The molecule has 3 aromatic heterocycles. The fourth-order valence-corrected chi connectivity index (χ4v) is 6.63. The lowest BCUT2D eigenvalue weighted by Gasteiger charge is -2.24. The number of carbonyl (C=O) groups is 4.